The summed E-state index contributed by atoms with van der Waals surface area (Å²) in [6, 6.07) is 2.26. The molecule has 0 fully saturated rings. The van der Waals surface area contributed by atoms with Gasteiger partial charge in [0.2, 0.25) is 5.91 Å². The van der Waals surface area contributed by atoms with Crippen LogP contribution in [0, 0.1) is 0 Å². The smallest absolute Gasteiger partial charge is 0.310 e. The number of carbonyl (C=O) groups excluding carboxylic acids is 1. The second-order valence-electron chi connectivity index (χ2n) is 8.58. The van der Waals surface area contributed by atoms with Crippen LogP contribution in [0.25, 0.3) is 0 Å². The Bertz CT molecular complexity index is 1100. The van der Waals surface area contributed by atoms with Crippen molar-refractivity contribution >= 4 is 21.8 Å². The number of hydrogen-bond donors (Lipinski definition) is 2. The highest BCUT2D eigenvalue weighted by atomic mass is 32.2. The number of halogens is 2. The van der Waals surface area contributed by atoms with E-state index in [4.69, 9.17) is 0 Å². The molecule has 0 aliphatic heterocycles. The Labute approximate surface area is 192 Å². The van der Waals surface area contributed by atoms with Gasteiger partial charge in [-0.1, -0.05) is 6.07 Å². The lowest BCUT2D eigenvalue weighted by Gasteiger charge is -2.23. The van der Waals surface area contributed by atoms with Crippen molar-refractivity contribution in [3.8, 4) is 0 Å². The molecule has 0 atom stereocenters. The fourth-order valence-corrected chi connectivity index (χ4v) is 6.03. The van der Waals surface area contributed by atoms with Gasteiger partial charge in [0.05, 0.1) is 24.8 Å². The third-order valence-corrected chi connectivity index (χ3v) is 7.70. The molecule has 1 aromatic heterocycles. The first-order valence-electron chi connectivity index (χ1n) is 11.2. The van der Waals surface area contributed by atoms with E-state index in [9.17, 15) is 22.0 Å². The van der Waals surface area contributed by atoms with E-state index >= 15 is 0 Å². The fraction of sp³-hybridized carbons (Fsp3) is 0.545. The molecule has 0 radical (unpaired) electrons. The topological polar surface area (TPSA) is 96.3 Å². The highest BCUT2D eigenvalue weighted by Gasteiger charge is 2.29. The molecule has 0 saturated carbocycles. The maximum Gasteiger partial charge on any atom is 0.326 e. The van der Waals surface area contributed by atoms with Gasteiger partial charge in [0, 0.05) is 26.3 Å². The van der Waals surface area contributed by atoms with Gasteiger partial charge in [0.1, 0.15) is 0 Å². The molecule has 2 aliphatic carbocycles. The van der Waals surface area contributed by atoms with Crippen LogP contribution in [0.4, 0.5) is 14.5 Å². The number of rotatable bonds is 10. The molecule has 8 nitrogen and oxygen atoms in total. The fourth-order valence-electron chi connectivity index (χ4n) is 4.86. The molecule has 180 valence electrons. The zero-order valence-electron chi connectivity index (χ0n) is 18.6. The number of carbonyl (C=O) groups is 1. The lowest BCUT2D eigenvalue weighted by atomic mass is 9.92. The van der Waals surface area contributed by atoms with Gasteiger partial charge in [-0.15, -0.1) is 0 Å². The Morgan fingerprint density at radius 1 is 1.18 bits per heavy atom. The van der Waals surface area contributed by atoms with Gasteiger partial charge in [-0.25, -0.2) is 17.8 Å². The van der Waals surface area contributed by atoms with Crippen molar-refractivity contribution in [2.75, 3.05) is 23.9 Å². The van der Waals surface area contributed by atoms with Crippen LogP contribution in [-0.2, 0) is 54.2 Å². The van der Waals surface area contributed by atoms with E-state index in [1.807, 2.05) is 0 Å². The minimum Gasteiger partial charge on any atom is -0.310 e. The van der Waals surface area contributed by atoms with Crippen molar-refractivity contribution in [1.29, 1.82) is 0 Å². The van der Waals surface area contributed by atoms with Crippen molar-refractivity contribution in [3.63, 3.8) is 0 Å². The van der Waals surface area contributed by atoms with E-state index < -0.39 is 29.1 Å². The van der Waals surface area contributed by atoms with Crippen molar-refractivity contribution < 1.29 is 22.0 Å². The largest absolute Gasteiger partial charge is 0.326 e. The molecule has 33 heavy (non-hydrogen) atoms. The predicted octanol–water partition coefficient (Wildman–Crippen LogP) is 1.66. The van der Waals surface area contributed by atoms with E-state index in [2.05, 4.69) is 21.2 Å². The molecular formula is C22H29F2N5O3S. The second kappa shape index (κ2) is 9.76. The molecular weight excluding hydrogens is 452 g/mol. The average molecular weight is 482 g/mol. The van der Waals surface area contributed by atoms with Crippen molar-refractivity contribution in [2.24, 2.45) is 7.05 Å². The van der Waals surface area contributed by atoms with E-state index in [0.717, 1.165) is 48.4 Å². The SMILES string of the molecule is Cn1cc(N(CCNCC(F)F)S(=O)(=O)NC(=O)Cc2c3c(cc4c2CCC4)CCC3)cn1. The molecule has 2 aliphatic rings. The molecule has 0 unspecified atom stereocenters. The minimum atomic E-state index is -4.26. The molecule has 0 spiro atoms. The van der Waals surface area contributed by atoms with Gasteiger partial charge in [-0.3, -0.25) is 9.48 Å². The van der Waals surface area contributed by atoms with E-state index in [1.54, 1.807) is 7.05 Å². The quantitative estimate of drug-likeness (QED) is 0.504. The van der Waals surface area contributed by atoms with Gasteiger partial charge < -0.3 is 5.32 Å². The number of anilines is 1. The maximum absolute atomic E-state index is 13.1. The summed E-state index contributed by atoms with van der Waals surface area (Å²) in [6.07, 6.45) is 6.23. The van der Waals surface area contributed by atoms with Crippen LogP contribution >= 0.6 is 0 Å². The zero-order chi connectivity index (χ0) is 23.6. The van der Waals surface area contributed by atoms with Crippen molar-refractivity contribution in [1.82, 2.24) is 19.8 Å². The molecule has 1 aromatic carbocycles. The van der Waals surface area contributed by atoms with Gasteiger partial charge in [-0.05, 0) is 66.3 Å². The number of nitrogens with zero attached hydrogens (tertiary/aromatic N) is 3. The molecule has 1 amide bonds. The summed E-state index contributed by atoms with van der Waals surface area (Å²) in [5.74, 6) is -0.598. The van der Waals surface area contributed by atoms with Gasteiger partial charge >= 0.3 is 10.2 Å². The molecule has 1 heterocycles. The molecule has 11 heteroatoms. The summed E-state index contributed by atoms with van der Waals surface area (Å²) in [6.45, 7) is -0.678. The van der Waals surface area contributed by atoms with Crippen molar-refractivity contribution in [2.45, 2.75) is 51.4 Å². The summed E-state index contributed by atoms with van der Waals surface area (Å²) in [5.41, 5.74) is 6.19. The molecule has 0 bridgehead atoms. The Kier molecular flexibility index (Phi) is 6.99. The lowest BCUT2D eigenvalue weighted by molar-refractivity contribution is -0.118. The van der Waals surface area contributed by atoms with Gasteiger partial charge in [0.25, 0.3) is 6.43 Å². The van der Waals surface area contributed by atoms with Crippen LogP contribution in [0.15, 0.2) is 18.5 Å². The summed E-state index contributed by atoms with van der Waals surface area (Å²) in [4.78, 5) is 12.9. The number of alkyl halides is 2. The predicted molar refractivity (Wildman–Crippen MR) is 121 cm³/mol. The summed E-state index contributed by atoms with van der Waals surface area (Å²) >= 11 is 0. The first-order chi connectivity index (χ1) is 15.7. The maximum atomic E-state index is 13.1. The standard InChI is InChI=1S/C22H29F2N5O3S/c1-28-14-17(12-26-28)29(9-8-25-13-21(23)24)33(31,32)27-22(30)11-20-18-6-2-4-15(18)10-16-5-3-7-19(16)20/h10,12,14,21,25H,2-9,11,13H2,1H3,(H,27,30). The highest BCUT2D eigenvalue weighted by Crippen LogP contribution is 2.35. The number of amides is 1. The van der Waals surface area contributed by atoms with Crippen LogP contribution in [0.5, 0.6) is 0 Å². The number of benzene rings is 1. The number of aromatic nitrogens is 2. The first-order valence-corrected chi connectivity index (χ1v) is 12.6. The number of hydrogen-bond acceptors (Lipinski definition) is 5. The van der Waals surface area contributed by atoms with Gasteiger partial charge in [0.15, 0.2) is 0 Å². The Balaban J connectivity index is 1.51. The monoisotopic (exact) mass is 481 g/mol. The Morgan fingerprint density at radius 3 is 2.42 bits per heavy atom. The third-order valence-electron chi connectivity index (χ3n) is 6.24. The zero-order valence-corrected chi connectivity index (χ0v) is 19.4. The van der Waals surface area contributed by atoms with Crippen LogP contribution in [-0.4, -0.2) is 50.2 Å². The molecule has 2 N–H and O–H groups in total. The molecule has 0 saturated heterocycles. The normalized spacial score (nSPS) is 15.0. The number of aryl methyl sites for hydroxylation is 3. The van der Waals surface area contributed by atoms with Crippen LogP contribution in [0.1, 0.15) is 40.7 Å². The summed E-state index contributed by atoms with van der Waals surface area (Å²) in [7, 11) is -2.62. The lowest BCUT2D eigenvalue weighted by Crippen LogP contribution is -2.47. The second-order valence-corrected chi connectivity index (χ2v) is 10.2. The van der Waals surface area contributed by atoms with E-state index in [0.29, 0.717) is 0 Å². The van der Waals surface area contributed by atoms with Crippen LogP contribution in [0.2, 0.25) is 0 Å². The summed E-state index contributed by atoms with van der Waals surface area (Å²) < 4.78 is 55.7. The van der Waals surface area contributed by atoms with Crippen molar-refractivity contribution in [3.05, 3.63) is 46.3 Å². The molecule has 2 aromatic rings. The third kappa shape index (κ3) is 5.35. The first kappa shape index (κ1) is 23.6. The number of fused-ring (bicyclic) bond motifs is 2. The Morgan fingerprint density at radius 2 is 1.85 bits per heavy atom. The summed E-state index contributed by atoms with van der Waals surface area (Å²) in [5, 5.41) is 6.51. The van der Waals surface area contributed by atoms with E-state index in [-0.39, 0.29) is 25.2 Å². The molecule has 4 rings (SSSR count). The average Bonchev–Trinajstić information content (AvgIpc) is 3.47. The highest BCUT2D eigenvalue weighted by molar-refractivity contribution is 7.91. The van der Waals surface area contributed by atoms with Crippen LogP contribution in [0.3, 0.4) is 0 Å². The number of nitrogens with one attached hydrogen (secondary N) is 2. The van der Waals surface area contributed by atoms with Gasteiger partial charge in [-0.2, -0.15) is 13.5 Å². The minimum absolute atomic E-state index is 0.00592. The van der Waals surface area contributed by atoms with Crippen LogP contribution < -0.4 is 14.3 Å². The Hall–Kier alpha value is -2.53. The van der Waals surface area contributed by atoms with E-state index in [1.165, 1.54) is 39.3 Å².